The van der Waals surface area contributed by atoms with Crippen molar-refractivity contribution in [3.05, 3.63) is 59.7 Å². The Morgan fingerprint density at radius 1 is 0.962 bits per heavy atom. The molecule has 0 aromatic heterocycles. The second-order valence-corrected chi connectivity index (χ2v) is 7.31. The summed E-state index contributed by atoms with van der Waals surface area (Å²) in [5.41, 5.74) is 1.33. The van der Waals surface area contributed by atoms with Gasteiger partial charge in [0, 0.05) is 10.6 Å². The normalized spacial score (nSPS) is 14.5. The van der Waals surface area contributed by atoms with E-state index in [1.807, 2.05) is 44.4 Å². The largest absolute Gasteiger partial charge is 0.324 e. The van der Waals surface area contributed by atoms with E-state index in [9.17, 15) is 14.4 Å². The van der Waals surface area contributed by atoms with E-state index in [4.69, 9.17) is 0 Å². The summed E-state index contributed by atoms with van der Waals surface area (Å²) in [4.78, 5) is 40.5. The Hall–Kier alpha value is -2.60. The second kappa shape index (κ2) is 7.33. The predicted molar refractivity (Wildman–Crippen MR) is 102 cm³/mol. The van der Waals surface area contributed by atoms with E-state index in [0.717, 1.165) is 9.80 Å². The standard InChI is InChI=1S/C20H20N2O3S/c1-12(2)17(18(23)21-13-8-10-14(26-3)11-9-13)22-19(24)15-6-4-5-7-16(15)20(22)25/h4-12,17H,1-3H3,(H,21,23). The van der Waals surface area contributed by atoms with Crippen LogP contribution in [0, 0.1) is 5.92 Å². The molecule has 1 atom stereocenters. The van der Waals surface area contributed by atoms with E-state index in [0.29, 0.717) is 16.8 Å². The number of nitrogens with one attached hydrogen (secondary N) is 1. The summed E-state index contributed by atoms with van der Waals surface area (Å²) >= 11 is 1.61. The molecule has 134 valence electrons. The summed E-state index contributed by atoms with van der Waals surface area (Å²) in [6, 6.07) is 13.2. The Labute approximate surface area is 156 Å². The van der Waals surface area contributed by atoms with Crippen LogP contribution in [0.3, 0.4) is 0 Å². The molecule has 2 aromatic rings. The van der Waals surface area contributed by atoms with E-state index >= 15 is 0 Å². The van der Waals surface area contributed by atoms with Crippen molar-refractivity contribution in [3.63, 3.8) is 0 Å². The van der Waals surface area contributed by atoms with Gasteiger partial charge in [0.2, 0.25) is 5.91 Å². The highest BCUT2D eigenvalue weighted by molar-refractivity contribution is 7.98. The molecule has 0 fully saturated rings. The van der Waals surface area contributed by atoms with Gasteiger partial charge in [-0.3, -0.25) is 19.3 Å². The van der Waals surface area contributed by atoms with E-state index in [-0.39, 0.29) is 11.8 Å². The lowest BCUT2D eigenvalue weighted by Crippen LogP contribution is -2.50. The van der Waals surface area contributed by atoms with Gasteiger partial charge in [0.25, 0.3) is 11.8 Å². The van der Waals surface area contributed by atoms with Gasteiger partial charge in [-0.05, 0) is 48.6 Å². The van der Waals surface area contributed by atoms with Crippen LogP contribution in [0.25, 0.3) is 0 Å². The molecular formula is C20H20N2O3S. The Morgan fingerprint density at radius 3 is 1.96 bits per heavy atom. The summed E-state index contributed by atoms with van der Waals surface area (Å²) in [6.07, 6.45) is 1.98. The van der Waals surface area contributed by atoms with Crippen molar-refractivity contribution >= 4 is 35.2 Å². The zero-order valence-corrected chi connectivity index (χ0v) is 15.7. The molecule has 3 rings (SSSR count). The number of fused-ring (bicyclic) bond motifs is 1. The van der Waals surface area contributed by atoms with Crippen molar-refractivity contribution in [2.45, 2.75) is 24.8 Å². The number of anilines is 1. The molecule has 0 saturated carbocycles. The van der Waals surface area contributed by atoms with Crippen LogP contribution in [-0.2, 0) is 4.79 Å². The number of rotatable bonds is 5. The number of amides is 3. The molecule has 0 spiro atoms. The van der Waals surface area contributed by atoms with Crippen LogP contribution in [0.1, 0.15) is 34.6 Å². The van der Waals surface area contributed by atoms with Crippen LogP contribution in [0.4, 0.5) is 5.69 Å². The van der Waals surface area contributed by atoms with Crippen molar-refractivity contribution < 1.29 is 14.4 Å². The minimum absolute atomic E-state index is 0.220. The third kappa shape index (κ3) is 3.24. The van der Waals surface area contributed by atoms with Crippen LogP contribution in [-0.4, -0.2) is 34.9 Å². The third-order valence-corrected chi connectivity index (χ3v) is 5.10. The number of carbonyl (C=O) groups is 3. The number of hydrogen-bond acceptors (Lipinski definition) is 4. The molecule has 2 aromatic carbocycles. The van der Waals surface area contributed by atoms with Gasteiger partial charge in [0.05, 0.1) is 11.1 Å². The predicted octanol–water partition coefficient (Wildman–Crippen LogP) is 3.67. The fourth-order valence-corrected chi connectivity index (χ4v) is 3.48. The van der Waals surface area contributed by atoms with Crippen LogP contribution in [0.5, 0.6) is 0 Å². The Bertz CT molecular complexity index is 827. The fraction of sp³-hybridized carbons (Fsp3) is 0.250. The summed E-state index contributed by atoms with van der Waals surface area (Å²) in [5.74, 6) is -1.43. The van der Waals surface area contributed by atoms with Crippen molar-refractivity contribution in [2.75, 3.05) is 11.6 Å². The number of nitrogens with zero attached hydrogens (tertiary/aromatic N) is 1. The maximum Gasteiger partial charge on any atom is 0.262 e. The van der Waals surface area contributed by atoms with E-state index in [2.05, 4.69) is 5.32 Å². The van der Waals surface area contributed by atoms with Gasteiger partial charge in [0.1, 0.15) is 6.04 Å². The highest BCUT2D eigenvalue weighted by atomic mass is 32.2. The Morgan fingerprint density at radius 2 is 1.50 bits per heavy atom. The minimum Gasteiger partial charge on any atom is -0.324 e. The minimum atomic E-state index is -0.873. The SMILES string of the molecule is CSc1ccc(NC(=O)C(C(C)C)N2C(=O)c3ccccc3C2=O)cc1. The quantitative estimate of drug-likeness (QED) is 0.646. The number of imide groups is 1. The molecule has 0 bridgehead atoms. The zero-order chi connectivity index (χ0) is 18.8. The summed E-state index contributed by atoms with van der Waals surface area (Å²) in [7, 11) is 0. The van der Waals surface area contributed by atoms with Crippen LogP contribution < -0.4 is 5.32 Å². The highest BCUT2D eigenvalue weighted by Gasteiger charge is 2.43. The first-order chi connectivity index (χ1) is 12.4. The second-order valence-electron chi connectivity index (χ2n) is 6.43. The molecule has 3 amide bonds. The molecule has 1 unspecified atom stereocenters. The van der Waals surface area contributed by atoms with Crippen LogP contribution in [0.2, 0.25) is 0 Å². The maximum atomic E-state index is 12.9. The van der Waals surface area contributed by atoms with Crippen LogP contribution >= 0.6 is 11.8 Å². The van der Waals surface area contributed by atoms with Gasteiger partial charge in [0.15, 0.2) is 0 Å². The molecule has 1 aliphatic heterocycles. The van der Waals surface area contributed by atoms with Gasteiger partial charge < -0.3 is 5.32 Å². The number of benzene rings is 2. The topological polar surface area (TPSA) is 66.5 Å². The molecule has 1 aliphatic rings. The number of hydrogen-bond donors (Lipinski definition) is 1. The molecule has 0 aliphatic carbocycles. The smallest absolute Gasteiger partial charge is 0.262 e. The molecule has 0 radical (unpaired) electrons. The Kier molecular flexibility index (Phi) is 5.13. The fourth-order valence-electron chi connectivity index (χ4n) is 3.07. The van der Waals surface area contributed by atoms with Crippen molar-refractivity contribution in [3.8, 4) is 0 Å². The summed E-state index contributed by atoms with van der Waals surface area (Å²) < 4.78 is 0. The monoisotopic (exact) mass is 368 g/mol. The van der Waals surface area contributed by atoms with Crippen LogP contribution in [0.15, 0.2) is 53.4 Å². The van der Waals surface area contributed by atoms with Gasteiger partial charge in [-0.1, -0.05) is 26.0 Å². The van der Waals surface area contributed by atoms with E-state index in [1.54, 1.807) is 36.0 Å². The molecule has 1 N–H and O–H groups in total. The molecule has 5 nitrogen and oxygen atoms in total. The van der Waals surface area contributed by atoms with Gasteiger partial charge in [-0.2, -0.15) is 0 Å². The maximum absolute atomic E-state index is 12.9. The first-order valence-electron chi connectivity index (χ1n) is 8.36. The highest BCUT2D eigenvalue weighted by Crippen LogP contribution is 2.28. The lowest BCUT2D eigenvalue weighted by atomic mass is 10.0. The zero-order valence-electron chi connectivity index (χ0n) is 14.9. The molecule has 0 saturated heterocycles. The molecule has 1 heterocycles. The lowest BCUT2D eigenvalue weighted by molar-refractivity contribution is -0.121. The first-order valence-corrected chi connectivity index (χ1v) is 9.58. The third-order valence-electron chi connectivity index (χ3n) is 4.36. The number of carbonyl (C=O) groups excluding carboxylic acids is 3. The van der Waals surface area contributed by atoms with Gasteiger partial charge in [-0.15, -0.1) is 11.8 Å². The lowest BCUT2D eigenvalue weighted by Gasteiger charge is -2.28. The van der Waals surface area contributed by atoms with E-state index < -0.39 is 17.9 Å². The molecular weight excluding hydrogens is 348 g/mol. The van der Waals surface area contributed by atoms with Crippen molar-refractivity contribution in [1.82, 2.24) is 4.90 Å². The average Bonchev–Trinajstić information content (AvgIpc) is 2.88. The molecule has 6 heteroatoms. The average molecular weight is 368 g/mol. The summed E-state index contributed by atoms with van der Waals surface area (Å²) in [6.45, 7) is 3.65. The van der Waals surface area contributed by atoms with Crippen molar-refractivity contribution in [1.29, 1.82) is 0 Å². The van der Waals surface area contributed by atoms with Gasteiger partial charge >= 0.3 is 0 Å². The van der Waals surface area contributed by atoms with Crippen molar-refractivity contribution in [2.24, 2.45) is 5.92 Å². The van der Waals surface area contributed by atoms with Gasteiger partial charge in [-0.25, -0.2) is 0 Å². The van der Waals surface area contributed by atoms with E-state index in [1.165, 1.54) is 0 Å². The Balaban J connectivity index is 1.86. The number of thioether (sulfide) groups is 1. The molecule has 26 heavy (non-hydrogen) atoms. The summed E-state index contributed by atoms with van der Waals surface area (Å²) in [5, 5.41) is 2.83. The first kappa shape index (κ1) is 18.2.